The molecule has 6 heteroatoms. The van der Waals surface area contributed by atoms with Crippen molar-refractivity contribution >= 4 is 11.7 Å². The van der Waals surface area contributed by atoms with E-state index in [0.717, 1.165) is 13.0 Å². The molecular formula is C12H19N3O3. The van der Waals surface area contributed by atoms with E-state index in [1.807, 2.05) is 19.0 Å². The summed E-state index contributed by atoms with van der Waals surface area (Å²) in [4.78, 5) is 24.9. The lowest BCUT2D eigenvalue weighted by Crippen LogP contribution is -2.25. The lowest BCUT2D eigenvalue weighted by molar-refractivity contribution is -0.144. The number of hydrogen-bond acceptors (Lipinski definition) is 5. The molecule has 1 rings (SSSR count). The standard InChI is InChI=1S/C12H19N3O3/c1-14(2)6-3-7-18-12(17)9-15-8-10(13)4-5-11(15)16/h4-5,8H,3,6-7,9,13H2,1-2H3. The van der Waals surface area contributed by atoms with Gasteiger partial charge in [-0.2, -0.15) is 0 Å². The maximum atomic E-state index is 11.5. The van der Waals surface area contributed by atoms with Crippen LogP contribution < -0.4 is 11.3 Å². The van der Waals surface area contributed by atoms with Crippen molar-refractivity contribution in [2.75, 3.05) is 33.0 Å². The summed E-state index contributed by atoms with van der Waals surface area (Å²) in [5.41, 5.74) is 5.71. The first-order valence-corrected chi connectivity index (χ1v) is 5.75. The molecule has 0 aliphatic rings. The summed E-state index contributed by atoms with van der Waals surface area (Å²) in [5, 5.41) is 0. The average Bonchev–Trinajstić information content (AvgIpc) is 2.29. The molecule has 0 spiro atoms. The van der Waals surface area contributed by atoms with E-state index in [2.05, 4.69) is 0 Å². The Bertz CT molecular complexity index is 454. The van der Waals surface area contributed by atoms with E-state index in [4.69, 9.17) is 10.5 Å². The zero-order chi connectivity index (χ0) is 13.5. The predicted octanol–water partition coefficient (Wildman–Crippen LogP) is -0.0746. The van der Waals surface area contributed by atoms with Crippen LogP contribution in [0, 0.1) is 0 Å². The van der Waals surface area contributed by atoms with E-state index < -0.39 is 5.97 Å². The minimum Gasteiger partial charge on any atom is -0.464 e. The van der Waals surface area contributed by atoms with Crippen LogP contribution in [0.3, 0.4) is 0 Å². The first-order chi connectivity index (χ1) is 8.49. The fourth-order valence-corrected chi connectivity index (χ4v) is 1.42. The molecule has 6 nitrogen and oxygen atoms in total. The monoisotopic (exact) mass is 253 g/mol. The second kappa shape index (κ2) is 6.80. The van der Waals surface area contributed by atoms with Crippen LogP contribution in [-0.4, -0.2) is 42.7 Å². The molecule has 0 fully saturated rings. The number of nitrogen functional groups attached to an aromatic ring is 1. The molecule has 1 aromatic heterocycles. The molecule has 0 saturated carbocycles. The van der Waals surface area contributed by atoms with Crippen LogP contribution in [-0.2, 0) is 16.1 Å². The van der Waals surface area contributed by atoms with Crippen LogP contribution in [0.2, 0.25) is 0 Å². The Labute approximate surface area is 106 Å². The third-order valence-corrected chi connectivity index (χ3v) is 2.32. The highest BCUT2D eigenvalue weighted by Crippen LogP contribution is 1.96. The molecule has 2 N–H and O–H groups in total. The number of nitrogens with zero attached hydrogens (tertiary/aromatic N) is 2. The van der Waals surface area contributed by atoms with Crippen molar-refractivity contribution in [1.29, 1.82) is 0 Å². The summed E-state index contributed by atoms with van der Waals surface area (Å²) in [7, 11) is 3.91. The summed E-state index contributed by atoms with van der Waals surface area (Å²) >= 11 is 0. The van der Waals surface area contributed by atoms with Crippen LogP contribution in [0.15, 0.2) is 23.1 Å². The van der Waals surface area contributed by atoms with Gasteiger partial charge < -0.3 is 19.9 Å². The summed E-state index contributed by atoms with van der Waals surface area (Å²) in [5.74, 6) is -0.429. The van der Waals surface area contributed by atoms with Gasteiger partial charge in [0.15, 0.2) is 0 Å². The molecule has 0 amide bonds. The van der Waals surface area contributed by atoms with Crippen molar-refractivity contribution in [3.63, 3.8) is 0 Å². The fourth-order valence-electron chi connectivity index (χ4n) is 1.42. The highest BCUT2D eigenvalue weighted by Gasteiger charge is 2.06. The quantitative estimate of drug-likeness (QED) is 0.567. The Balaban J connectivity index is 2.40. The van der Waals surface area contributed by atoms with Gasteiger partial charge in [-0.3, -0.25) is 9.59 Å². The number of aromatic nitrogens is 1. The van der Waals surface area contributed by atoms with E-state index in [1.165, 1.54) is 22.9 Å². The molecule has 0 aliphatic heterocycles. The molecule has 100 valence electrons. The first-order valence-electron chi connectivity index (χ1n) is 5.75. The number of rotatable bonds is 6. The molecule has 0 atom stereocenters. The van der Waals surface area contributed by atoms with E-state index >= 15 is 0 Å². The van der Waals surface area contributed by atoms with Crippen molar-refractivity contribution in [1.82, 2.24) is 9.47 Å². The highest BCUT2D eigenvalue weighted by atomic mass is 16.5. The Morgan fingerprint density at radius 1 is 1.44 bits per heavy atom. The Morgan fingerprint density at radius 3 is 2.83 bits per heavy atom. The number of hydrogen-bond donors (Lipinski definition) is 1. The second-order valence-electron chi connectivity index (χ2n) is 4.31. The maximum Gasteiger partial charge on any atom is 0.326 e. The average molecular weight is 253 g/mol. The molecule has 0 aromatic carbocycles. The van der Waals surface area contributed by atoms with Crippen LogP contribution in [0.5, 0.6) is 0 Å². The summed E-state index contributed by atoms with van der Waals surface area (Å²) in [6.07, 6.45) is 2.20. The fraction of sp³-hybridized carbons (Fsp3) is 0.500. The number of pyridine rings is 1. The summed E-state index contributed by atoms with van der Waals surface area (Å²) in [6, 6.07) is 2.83. The number of carbonyl (C=O) groups excluding carboxylic acids is 1. The number of esters is 1. The Morgan fingerprint density at radius 2 is 2.17 bits per heavy atom. The van der Waals surface area contributed by atoms with Crippen molar-refractivity contribution in [3.8, 4) is 0 Å². The Hall–Kier alpha value is -1.82. The van der Waals surface area contributed by atoms with E-state index in [1.54, 1.807) is 0 Å². The molecule has 1 aromatic rings. The first kappa shape index (κ1) is 14.2. The van der Waals surface area contributed by atoms with Gasteiger partial charge in [-0.1, -0.05) is 0 Å². The number of nitrogens with two attached hydrogens (primary N) is 1. The van der Waals surface area contributed by atoms with Gasteiger partial charge in [-0.25, -0.2) is 0 Å². The Kier molecular flexibility index (Phi) is 5.38. The van der Waals surface area contributed by atoms with E-state index in [0.29, 0.717) is 12.3 Å². The number of carbonyl (C=O) groups is 1. The molecule has 0 unspecified atom stereocenters. The maximum absolute atomic E-state index is 11.5. The van der Waals surface area contributed by atoms with Gasteiger partial charge in [0.05, 0.1) is 6.61 Å². The molecule has 0 saturated heterocycles. The SMILES string of the molecule is CN(C)CCCOC(=O)Cn1cc(N)ccc1=O. The third-order valence-electron chi connectivity index (χ3n) is 2.32. The molecule has 18 heavy (non-hydrogen) atoms. The van der Waals surface area contributed by atoms with Crippen LogP contribution in [0.25, 0.3) is 0 Å². The van der Waals surface area contributed by atoms with Gasteiger partial charge in [0.1, 0.15) is 6.54 Å². The third kappa shape index (κ3) is 5.01. The number of anilines is 1. The van der Waals surface area contributed by atoms with Gasteiger partial charge in [0.2, 0.25) is 0 Å². The number of ether oxygens (including phenoxy) is 1. The zero-order valence-electron chi connectivity index (χ0n) is 10.8. The van der Waals surface area contributed by atoms with Crippen LogP contribution >= 0.6 is 0 Å². The minimum atomic E-state index is -0.429. The molecule has 0 aliphatic carbocycles. The minimum absolute atomic E-state index is 0.105. The normalized spacial score (nSPS) is 10.6. The topological polar surface area (TPSA) is 77.6 Å². The van der Waals surface area contributed by atoms with Gasteiger partial charge in [-0.05, 0) is 26.6 Å². The van der Waals surface area contributed by atoms with Gasteiger partial charge >= 0.3 is 5.97 Å². The van der Waals surface area contributed by atoms with Gasteiger partial charge in [0, 0.05) is 24.5 Å². The second-order valence-corrected chi connectivity index (χ2v) is 4.31. The smallest absolute Gasteiger partial charge is 0.326 e. The van der Waals surface area contributed by atoms with Crippen molar-refractivity contribution in [2.45, 2.75) is 13.0 Å². The van der Waals surface area contributed by atoms with Crippen molar-refractivity contribution in [3.05, 3.63) is 28.7 Å². The van der Waals surface area contributed by atoms with Crippen LogP contribution in [0.4, 0.5) is 5.69 Å². The van der Waals surface area contributed by atoms with Gasteiger partial charge in [0.25, 0.3) is 5.56 Å². The predicted molar refractivity (Wildman–Crippen MR) is 69.2 cm³/mol. The highest BCUT2D eigenvalue weighted by molar-refractivity contribution is 5.69. The van der Waals surface area contributed by atoms with Crippen molar-refractivity contribution < 1.29 is 9.53 Å². The van der Waals surface area contributed by atoms with Crippen LogP contribution in [0.1, 0.15) is 6.42 Å². The lowest BCUT2D eigenvalue weighted by atomic mass is 10.4. The molecule has 1 heterocycles. The zero-order valence-corrected chi connectivity index (χ0v) is 10.8. The lowest BCUT2D eigenvalue weighted by Gasteiger charge is -2.10. The van der Waals surface area contributed by atoms with Crippen molar-refractivity contribution in [2.24, 2.45) is 0 Å². The summed E-state index contributed by atoms with van der Waals surface area (Å²) < 4.78 is 6.26. The largest absolute Gasteiger partial charge is 0.464 e. The van der Waals surface area contributed by atoms with E-state index in [9.17, 15) is 9.59 Å². The van der Waals surface area contributed by atoms with Gasteiger partial charge in [-0.15, -0.1) is 0 Å². The van der Waals surface area contributed by atoms with E-state index in [-0.39, 0.29) is 12.1 Å². The molecule has 0 radical (unpaired) electrons. The molecular weight excluding hydrogens is 234 g/mol. The summed E-state index contributed by atoms with van der Waals surface area (Å²) in [6.45, 7) is 1.10. The molecule has 0 bridgehead atoms.